The average Bonchev–Trinajstić information content (AvgIpc) is 2.75. The van der Waals surface area contributed by atoms with Crippen LogP contribution < -0.4 is 9.47 Å². The Bertz CT molecular complexity index is 513. The predicted molar refractivity (Wildman–Crippen MR) is 95.9 cm³/mol. The highest BCUT2D eigenvalue weighted by Crippen LogP contribution is 2.31. The van der Waals surface area contributed by atoms with Crippen molar-refractivity contribution in [2.45, 2.75) is 70.3 Å². The molecule has 2 unspecified atom stereocenters. The third-order valence-corrected chi connectivity index (χ3v) is 5.11. The third-order valence-electron chi connectivity index (χ3n) is 5.11. The molecule has 1 aliphatic heterocycles. The predicted octanol–water partition coefficient (Wildman–Crippen LogP) is 3.88. The van der Waals surface area contributed by atoms with Crippen LogP contribution in [0.5, 0.6) is 11.5 Å². The molecule has 0 amide bonds. The fraction of sp³-hybridized carbons (Fsp3) is 0.700. The maximum absolute atomic E-state index is 6.11. The van der Waals surface area contributed by atoms with Gasteiger partial charge in [0.1, 0.15) is 6.10 Å². The maximum atomic E-state index is 6.11. The summed E-state index contributed by atoms with van der Waals surface area (Å²) < 4.78 is 17.5. The number of likely N-dealkylation sites (tertiary alicyclic amines) is 1. The Balaban J connectivity index is 1.45. The number of benzene rings is 1. The number of methoxy groups -OCH3 is 1. The Morgan fingerprint density at radius 2 is 1.71 bits per heavy atom. The van der Waals surface area contributed by atoms with Crippen LogP contribution in [0.2, 0.25) is 0 Å². The molecule has 0 spiro atoms. The fourth-order valence-corrected chi connectivity index (χ4v) is 3.87. The molecule has 3 rings (SSSR count). The summed E-state index contributed by atoms with van der Waals surface area (Å²) in [6.07, 6.45) is 7.30. The van der Waals surface area contributed by atoms with Crippen LogP contribution in [0, 0.1) is 0 Å². The Labute approximate surface area is 146 Å². The van der Waals surface area contributed by atoms with Gasteiger partial charge in [0.15, 0.2) is 11.5 Å². The van der Waals surface area contributed by atoms with E-state index in [-0.39, 0.29) is 6.10 Å². The van der Waals surface area contributed by atoms with Crippen LogP contribution in [0.15, 0.2) is 24.3 Å². The molecule has 1 saturated carbocycles. The van der Waals surface area contributed by atoms with Gasteiger partial charge in [-0.25, -0.2) is 0 Å². The van der Waals surface area contributed by atoms with Crippen LogP contribution >= 0.6 is 0 Å². The van der Waals surface area contributed by atoms with Gasteiger partial charge >= 0.3 is 0 Å². The molecule has 24 heavy (non-hydrogen) atoms. The first-order valence-corrected chi connectivity index (χ1v) is 9.35. The largest absolute Gasteiger partial charge is 0.493 e. The minimum Gasteiger partial charge on any atom is -0.493 e. The third kappa shape index (κ3) is 4.42. The summed E-state index contributed by atoms with van der Waals surface area (Å²) in [5.74, 6) is 1.68. The van der Waals surface area contributed by atoms with Crippen molar-refractivity contribution in [3.63, 3.8) is 0 Å². The van der Waals surface area contributed by atoms with Gasteiger partial charge in [-0.1, -0.05) is 12.1 Å². The van der Waals surface area contributed by atoms with Crippen molar-refractivity contribution in [3.8, 4) is 11.5 Å². The molecule has 4 heteroatoms. The Hall–Kier alpha value is -1.26. The summed E-state index contributed by atoms with van der Waals surface area (Å²) in [6, 6.07) is 8.60. The first-order chi connectivity index (χ1) is 11.7. The van der Waals surface area contributed by atoms with Gasteiger partial charge in [-0.05, 0) is 58.1 Å². The van der Waals surface area contributed by atoms with Gasteiger partial charge in [0.05, 0.1) is 19.3 Å². The quantitative estimate of drug-likeness (QED) is 0.739. The maximum Gasteiger partial charge on any atom is 0.161 e. The van der Waals surface area contributed by atoms with Gasteiger partial charge in [-0.3, -0.25) is 4.90 Å². The molecular weight excluding hydrogens is 302 g/mol. The number of rotatable bonds is 6. The zero-order valence-electron chi connectivity index (χ0n) is 15.2. The van der Waals surface area contributed by atoms with Crippen LogP contribution in [-0.2, 0) is 4.74 Å². The molecule has 2 fully saturated rings. The second-order valence-electron chi connectivity index (χ2n) is 7.31. The summed E-state index contributed by atoms with van der Waals surface area (Å²) in [7, 11) is 1.69. The van der Waals surface area contributed by atoms with Crippen molar-refractivity contribution in [2.75, 3.05) is 20.2 Å². The topological polar surface area (TPSA) is 30.9 Å². The lowest BCUT2D eigenvalue weighted by Gasteiger charge is -2.44. The standard InChI is InChI=1S/C20H31NO3/c1-15(2)23-17-8-6-7-16(11-12-17)21-13-18(14-21)24-20-10-5-4-9-19(20)22-3/h4-5,9-10,15-18H,6-8,11-14H2,1-3H3. The van der Waals surface area contributed by atoms with E-state index < -0.39 is 0 Å². The second-order valence-corrected chi connectivity index (χ2v) is 7.31. The summed E-state index contributed by atoms with van der Waals surface area (Å²) >= 11 is 0. The SMILES string of the molecule is COc1ccccc1OC1CN(C2CCCC(OC(C)C)CC2)C1. The number of hydrogen-bond donors (Lipinski definition) is 0. The minimum absolute atomic E-state index is 0.285. The van der Waals surface area contributed by atoms with Crippen LogP contribution in [0.4, 0.5) is 0 Å². The lowest BCUT2D eigenvalue weighted by molar-refractivity contribution is -0.0202. The molecule has 1 heterocycles. The van der Waals surface area contributed by atoms with Crippen LogP contribution in [0.25, 0.3) is 0 Å². The lowest BCUT2D eigenvalue weighted by Crippen LogP contribution is -2.57. The van der Waals surface area contributed by atoms with Gasteiger partial charge in [0.2, 0.25) is 0 Å². The molecule has 1 saturated heterocycles. The molecule has 0 aromatic heterocycles. The zero-order chi connectivity index (χ0) is 16.9. The molecule has 2 atom stereocenters. The van der Waals surface area contributed by atoms with Crippen LogP contribution in [-0.4, -0.2) is 49.5 Å². The normalized spacial score (nSPS) is 26.0. The van der Waals surface area contributed by atoms with E-state index in [9.17, 15) is 0 Å². The van der Waals surface area contributed by atoms with E-state index in [0.717, 1.165) is 24.6 Å². The number of hydrogen-bond acceptors (Lipinski definition) is 4. The summed E-state index contributed by atoms with van der Waals surface area (Å²) in [5.41, 5.74) is 0. The Kier molecular flexibility index (Phi) is 6.01. The van der Waals surface area contributed by atoms with Gasteiger partial charge in [-0.2, -0.15) is 0 Å². The summed E-state index contributed by atoms with van der Waals surface area (Å²) in [5, 5.41) is 0. The second kappa shape index (κ2) is 8.21. The van der Waals surface area contributed by atoms with E-state index in [1.54, 1.807) is 7.11 Å². The lowest BCUT2D eigenvalue weighted by atomic mass is 10.0. The van der Waals surface area contributed by atoms with Crippen molar-refractivity contribution in [1.29, 1.82) is 0 Å². The van der Waals surface area contributed by atoms with Crippen molar-refractivity contribution in [2.24, 2.45) is 0 Å². The highest BCUT2D eigenvalue weighted by molar-refractivity contribution is 5.39. The molecule has 0 radical (unpaired) electrons. The van der Waals surface area contributed by atoms with Crippen molar-refractivity contribution < 1.29 is 14.2 Å². The van der Waals surface area contributed by atoms with E-state index >= 15 is 0 Å². The molecule has 2 aliphatic rings. The van der Waals surface area contributed by atoms with Crippen LogP contribution in [0.1, 0.15) is 46.0 Å². The first-order valence-electron chi connectivity index (χ1n) is 9.35. The van der Waals surface area contributed by atoms with E-state index in [1.807, 2.05) is 24.3 Å². The summed E-state index contributed by atoms with van der Waals surface area (Å²) in [6.45, 7) is 6.33. The van der Waals surface area contributed by atoms with E-state index in [2.05, 4.69) is 18.7 Å². The number of ether oxygens (including phenoxy) is 3. The molecule has 0 N–H and O–H groups in total. The molecule has 1 aliphatic carbocycles. The Morgan fingerprint density at radius 1 is 0.958 bits per heavy atom. The molecule has 4 nitrogen and oxygen atoms in total. The molecular formula is C20H31NO3. The minimum atomic E-state index is 0.285. The number of nitrogens with zero attached hydrogens (tertiary/aromatic N) is 1. The zero-order valence-corrected chi connectivity index (χ0v) is 15.2. The van der Waals surface area contributed by atoms with Gasteiger partial charge < -0.3 is 14.2 Å². The van der Waals surface area contributed by atoms with Crippen molar-refractivity contribution >= 4 is 0 Å². The molecule has 1 aromatic carbocycles. The molecule has 0 bridgehead atoms. The Morgan fingerprint density at radius 3 is 2.42 bits per heavy atom. The molecule has 1 aromatic rings. The average molecular weight is 333 g/mol. The van der Waals surface area contributed by atoms with Crippen molar-refractivity contribution in [1.82, 2.24) is 4.90 Å². The highest BCUT2D eigenvalue weighted by atomic mass is 16.5. The van der Waals surface area contributed by atoms with Gasteiger partial charge in [0.25, 0.3) is 0 Å². The van der Waals surface area contributed by atoms with Crippen molar-refractivity contribution in [3.05, 3.63) is 24.3 Å². The summed E-state index contributed by atoms with van der Waals surface area (Å²) in [4.78, 5) is 2.58. The molecule has 134 valence electrons. The van der Waals surface area contributed by atoms with E-state index in [4.69, 9.17) is 14.2 Å². The van der Waals surface area contributed by atoms with Gasteiger partial charge in [0, 0.05) is 19.1 Å². The van der Waals surface area contributed by atoms with E-state index in [0.29, 0.717) is 18.2 Å². The van der Waals surface area contributed by atoms with Crippen LogP contribution in [0.3, 0.4) is 0 Å². The first kappa shape index (κ1) is 17.6. The highest BCUT2D eigenvalue weighted by Gasteiger charge is 2.35. The van der Waals surface area contributed by atoms with E-state index in [1.165, 1.54) is 32.1 Å². The van der Waals surface area contributed by atoms with Gasteiger partial charge in [-0.15, -0.1) is 0 Å². The smallest absolute Gasteiger partial charge is 0.161 e. The number of para-hydroxylation sites is 2. The monoisotopic (exact) mass is 333 g/mol. The fourth-order valence-electron chi connectivity index (χ4n) is 3.87.